The molecule has 0 amide bonds. The van der Waals surface area contributed by atoms with E-state index in [0.29, 0.717) is 0 Å². The monoisotopic (exact) mass is 193 g/mol. The molecule has 0 aliphatic carbocycles. The minimum absolute atomic E-state index is 0.864. The van der Waals surface area contributed by atoms with E-state index in [1.807, 2.05) is 24.3 Å². The van der Waals surface area contributed by atoms with Gasteiger partial charge in [0.05, 0.1) is 5.69 Å². The van der Waals surface area contributed by atoms with E-state index < -0.39 is 0 Å². The summed E-state index contributed by atoms with van der Waals surface area (Å²) in [5.41, 5.74) is 4.14. The Morgan fingerprint density at radius 1 is 1.20 bits per heavy atom. The van der Waals surface area contributed by atoms with E-state index in [4.69, 9.17) is 6.42 Å². The van der Waals surface area contributed by atoms with Crippen LogP contribution in [0.15, 0.2) is 42.6 Å². The molecule has 1 aromatic heterocycles. The first-order chi connectivity index (χ1) is 7.31. The Bertz CT molecular complexity index is 521. The summed E-state index contributed by atoms with van der Waals surface area (Å²) < 4.78 is 0. The standard InChI is InChI=1S/C14H11N/c1-3-12-8-9-15-14(10-12)13-7-5-4-6-11(13)2/h1,4-10H,2H3. The topological polar surface area (TPSA) is 12.9 Å². The molecule has 2 aromatic rings. The number of rotatable bonds is 1. The van der Waals surface area contributed by atoms with Gasteiger partial charge in [-0.05, 0) is 24.6 Å². The Morgan fingerprint density at radius 3 is 2.73 bits per heavy atom. The molecule has 1 nitrogen and oxygen atoms in total. The Hall–Kier alpha value is -2.07. The molecule has 0 N–H and O–H groups in total. The van der Waals surface area contributed by atoms with Gasteiger partial charge >= 0.3 is 0 Å². The molecule has 1 heteroatoms. The Balaban J connectivity index is 2.55. The van der Waals surface area contributed by atoms with Crippen LogP contribution in [-0.4, -0.2) is 4.98 Å². The van der Waals surface area contributed by atoms with Crippen molar-refractivity contribution in [3.05, 3.63) is 53.7 Å². The summed E-state index contributed by atoms with van der Waals surface area (Å²) in [6, 6.07) is 11.9. The second-order valence-electron chi connectivity index (χ2n) is 3.39. The molecule has 0 saturated carbocycles. The van der Waals surface area contributed by atoms with Gasteiger partial charge in [-0.3, -0.25) is 4.98 Å². The summed E-state index contributed by atoms with van der Waals surface area (Å²) in [5.74, 6) is 2.62. The largest absolute Gasteiger partial charge is 0.256 e. The third-order valence-electron chi connectivity index (χ3n) is 2.35. The van der Waals surface area contributed by atoms with Crippen molar-refractivity contribution in [2.24, 2.45) is 0 Å². The normalized spacial score (nSPS) is 9.60. The molecule has 0 aliphatic rings. The SMILES string of the molecule is C#Cc1ccnc(-c2ccccc2C)c1. The minimum atomic E-state index is 0.864. The predicted molar refractivity (Wildman–Crippen MR) is 62.3 cm³/mol. The first kappa shape index (κ1) is 9.48. The fraction of sp³-hybridized carbons (Fsp3) is 0.0714. The minimum Gasteiger partial charge on any atom is -0.256 e. The first-order valence-electron chi connectivity index (χ1n) is 4.80. The molecule has 2 rings (SSSR count). The molecule has 0 atom stereocenters. The van der Waals surface area contributed by atoms with Crippen LogP contribution in [0, 0.1) is 19.3 Å². The van der Waals surface area contributed by atoms with Crippen molar-refractivity contribution < 1.29 is 0 Å². The number of hydrogen-bond acceptors (Lipinski definition) is 1. The van der Waals surface area contributed by atoms with Crippen LogP contribution in [0.3, 0.4) is 0 Å². The van der Waals surface area contributed by atoms with E-state index in [9.17, 15) is 0 Å². The molecule has 0 saturated heterocycles. The van der Waals surface area contributed by atoms with Crippen molar-refractivity contribution in [3.63, 3.8) is 0 Å². The highest BCUT2D eigenvalue weighted by molar-refractivity contribution is 5.64. The third-order valence-corrected chi connectivity index (χ3v) is 2.35. The van der Waals surface area contributed by atoms with Crippen molar-refractivity contribution in [1.29, 1.82) is 0 Å². The Kier molecular flexibility index (Phi) is 2.51. The fourth-order valence-corrected chi connectivity index (χ4v) is 1.53. The highest BCUT2D eigenvalue weighted by Gasteiger charge is 2.01. The van der Waals surface area contributed by atoms with Crippen LogP contribution in [0.25, 0.3) is 11.3 Å². The van der Waals surface area contributed by atoms with Gasteiger partial charge in [-0.25, -0.2) is 0 Å². The summed E-state index contributed by atoms with van der Waals surface area (Å²) in [6.45, 7) is 2.07. The smallest absolute Gasteiger partial charge is 0.0717 e. The van der Waals surface area contributed by atoms with Gasteiger partial charge in [0, 0.05) is 17.3 Å². The molecule has 0 radical (unpaired) electrons. The van der Waals surface area contributed by atoms with Crippen molar-refractivity contribution in [2.45, 2.75) is 6.92 Å². The number of benzene rings is 1. The second kappa shape index (κ2) is 3.98. The third kappa shape index (κ3) is 1.89. The van der Waals surface area contributed by atoms with Crippen LogP contribution in [0.5, 0.6) is 0 Å². The Labute approximate surface area is 89.8 Å². The highest BCUT2D eigenvalue weighted by atomic mass is 14.7. The van der Waals surface area contributed by atoms with Gasteiger partial charge in [0.1, 0.15) is 0 Å². The predicted octanol–water partition coefficient (Wildman–Crippen LogP) is 3.04. The van der Waals surface area contributed by atoms with Crippen molar-refractivity contribution in [3.8, 4) is 23.6 Å². The van der Waals surface area contributed by atoms with Crippen LogP contribution in [0.4, 0.5) is 0 Å². The maximum atomic E-state index is 5.36. The molecule has 72 valence electrons. The molecule has 1 heterocycles. The molecule has 0 unspecified atom stereocenters. The molecular formula is C14H11N. The number of hydrogen-bond donors (Lipinski definition) is 0. The molecule has 0 bridgehead atoms. The summed E-state index contributed by atoms with van der Waals surface area (Å²) >= 11 is 0. The lowest BCUT2D eigenvalue weighted by Gasteiger charge is -2.04. The lowest BCUT2D eigenvalue weighted by Crippen LogP contribution is -1.87. The fourth-order valence-electron chi connectivity index (χ4n) is 1.53. The zero-order chi connectivity index (χ0) is 10.7. The molecule has 0 spiro atoms. The van der Waals surface area contributed by atoms with Crippen molar-refractivity contribution in [1.82, 2.24) is 4.98 Å². The van der Waals surface area contributed by atoms with Gasteiger partial charge in [-0.15, -0.1) is 6.42 Å². The van der Waals surface area contributed by atoms with Gasteiger partial charge in [-0.2, -0.15) is 0 Å². The number of terminal acetylenes is 1. The number of nitrogens with zero attached hydrogens (tertiary/aromatic N) is 1. The lowest BCUT2D eigenvalue weighted by atomic mass is 10.0. The highest BCUT2D eigenvalue weighted by Crippen LogP contribution is 2.21. The van der Waals surface area contributed by atoms with E-state index in [0.717, 1.165) is 16.8 Å². The Morgan fingerprint density at radius 2 is 2.00 bits per heavy atom. The van der Waals surface area contributed by atoms with E-state index >= 15 is 0 Å². The summed E-state index contributed by atoms with van der Waals surface area (Å²) in [5, 5.41) is 0. The van der Waals surface area contributed by atoms with Crippen LogP contribution in [0.2, 0.25) is 0 Å². The van der Waals surface area contributed by atoms with Gasteiger partial charge in [0.25, 0.3) is 0 Å². The van der Waals surface area contributed by atoms with Crippen LogP contribution in [0.1, 0.15) is 11.1 Å². The van der Waals surface area contributed by atoms with Crippen LogP contribution >= 0.6 is 0 Å². The van der Waals surface area contributed by atoms with Gasteiger partial charge in [0.15, 0.2) is 0 Å². The van der Waals surface area contributed by atoms with Gasteiger partial charge in [-0.1, -0.05) is 30.2 Å². The van der Waals surface area contributed by atoms with Crippen LogP contribution in [-0.2, 0) is 0 Å². The van der Waals surface area contributed by atoms with Crippen LogP contribution < -0.4 is 0 Å². The van der Waals surface area contributed by atoms with Gasteiger partial charge < -0.3 is 0 Å². The average Bonchev–Trinajstić information content (AvgIpc) is 2.30. The first-order valence-corrected chi connectivity index (χ1v) is 4.80. The molecular weight excluding hydrogens is 182 g/mol. The van der Waals surface area contributed by atoms with Gasteiger partial charge in [0.2, 0.25) is 0 Å². The second-order valence-corrected chi connectivity index (χ2v) is 3.39. The summed E-state index contributed by atoms with van der Waals surface area (Å²) in [6.07, 6.45) is 7.10. The number of pyridine rings is 1. The van der Waals surface area contributed by atoms with E-state index in [1.165, 1.54) is 5.56 Å². The van der Waals surface area contributed by atoms with Crippen molar-refractivity contribution in [2.75, 3.05) is 0 Å². The quantitative estimate of drug-likeness (QED) is 0.634. The molecule has 0 aliphatic heterocycles. The maximum absolute atomic E-state index is 5.36. The average molecular weight is 193 g/mol. The van der Waals surface area contributed by atoms with Crippen molar-refractivity contribution >= 4 is 0 Å². The summed E-state index contributed by atoms with van der Waals surface area (Å²) in [4.78, 5) is 4.32. The van der Waals surface area contributed by atoms with E-state index in [2.05, 4.69) is 30.0 Å². The summed E-state index contributed by atoms with van der Waals surface area (Å²) in [7, 11) is 0. The molecule has 1 aromatic carbocycles. The number of aromatic nitrogens is 1. The van der Waals surface area contributed by atoms with E-state index in [1.54, 1.807) is 6.20 Å². The molecule has 15 heavy (non-hydrogen) atoms. The lowest BCUT2D eigenvalue weighted by molar-refractivity contribution is 1.30. The molecule has 0 fully saturated rings. The maximum Gasteiger partial charge on any atom is 0.0717 e. The zero-order valence-corrected chi connectivity index (χ0v) is 8.57. The zero-order valence-electron chi connectivity index (χ0n) is 8.57. The number of aryl methyl sites for hydroxylation is 1. The van der Waals surface area contributed by atoms with E-state index in [-0.39, 0.29) is 0 Å².